The van der Waals surface area contributed by atoms with Gasteiger partial charge in [0.25, 0.3) is 0 Å². The molecule has 1 saturated heterocycles. The first-order chi connectivity index (χ1) is 12.2. The third kappa shape index (κ3) is 3.59. The van der Waals surface area contributed by atoms with Crippen LogP contribution in [0.25, 0.3) is 0 Å². The summed E-state index contributed by atoms with van der Waals surface area (Å²) in [6.07, 6.45) is 6.72. The van der Waals surface area contributed by atoms with Crippen molar-refractivity contribution in [3.63, 3.8) is 0 Å². The Hall–Kier alpha value is -0.890. The number of fused-ring (bicyclic) bond motifs is 2. The van der Waals surface area contributed by atoms with Crippen LogP contribution in [0, 0.1) is 17.2 Å². The number of hydrogen-bond acceptors (Lipinski definition) is 2. The predicted molar refractivity (Wildman–Crippen MR) is 112 cm³/mol. The van der Waals surface area contributed by atoms with Crippen molar-refractivity contribution in [2.45, 2.75) is 57.7 Å². The second-order valence-electron chi connectivity index (χ2n) is 7.63. The average Bonchev–Trinajstić information content (AvgIpc) is 3.26. The van der Waals surface area contributed by atoms with Crippen LogP contribution in [0.3, 0.4) is 0 Å². The van der Waals surface area contributed by atoms with Gasteiger partial charge in [0.1, 0.15) is 5.82 Å². The number of guanidine groups is 1. The van der Waals surface area contributed by atoms with E-state index in [4.69, 9.17) is 9.73 Å². The number of rotatable bonds is 4. The maximum atomic E-state index is 13.4. The Morgan fingerprint density at radius 2 is 2.15 bits per heavy atom. The Morgan fingerprint density at radius 1 is 1.35 bits per heavy atom. The van der Waals surface area contributed by atoms with E-state index in [1.807, 2.05) is 6.07 Å². The molecule has 144 valence electrons. The van der Waals surface area contributed by atoms with Crippen LogP contribution in [0.15, 0.2) is 29.3 Å². The Balaban J connectivity index is 0.00000196. The minimum atomic E-state index is -0.208. The van der Waals surface area contributed by atoms with Crippen LogP contribution in [0.5, 0.6) is 0 Å². The standard InChI is InChI=1S/C20H28FN3O.HI/c1-2-22-19(23-13-14-6-5-7-15(21)12-14)24-17-16-8-11-25-18(16)20(17)9-3-4-10-20;/h5-7,12,16-18H,2-4,8-11,13H2,1H3,(H2,22,23,24);1H. The highest BCUT2D eigenvalue weighted by atomic mass is 127. The molecule has 3 fully saturated rings. The number of halogens is 2. The van der Waals surface area contributed by atoms with Crippen molar-refractivity contribution in [2.24, 2.45) is 16.3 Å². The Morgan fingerprint density at radius 3 is 2.88 bits per heavy atom. The summed E-state index contributed by atoms with van der Waals surface area (Å²) in [5.41, 5.74) is 1.19. The first-order valence-corrected chi connectivity index (χ1v) is 9.64. The molecule has 0 bridgehead atoms. The Kier molecular flexibility index (Phi) is 6.43. The molecule has 2 aliphatic carbocycles. The predicted octanol–water partition coefficient (Wildman–Crippen LogP) is 3.85. The smallest absolute Gasteiger partial charge is 0.191 e. The van der Waals surface area contributed by atoms with E-state index in [1.165, 1.54) is 31.7 Å². The highest BCUT2D eigenvalue weighted by Crippen LogP contribution is 2.60. The topological polar surface area (TPSA) is 45.7 Å². The van der Waals surface area contributed by atoms with Gasteiger partial charge < -0.3 is 15.4 Å². The second-order valence-corrected chi connectivity index (χ2v) is 7.63. The van der Waals surface area contributed by atoms with Crippen LogP contribution < -0.4 is 10.6 Å². The number of hydrogen-bond donors (Lipinski definition) is 2. The van der Waals surface area contributed by atoms with Crippen molar-refractivity contribution >= 4 is 29.9 Å². The van der Waals surface area contributed by atoms with E-state index in [0.717, 1.165) is 31.1 Å². The van der Waals surface area contributed by atoms with E-state index in [-0.39, 0.29) is 29.8 Å². The van der Waals surface area contributed by atoms with Gasteiger partial charge in [-0.25, -0.2) is 9.38 Å². The fourth-order valence-corrected chi connectivity index (χ4v) is 5.18. The van der Waals surface area contributed by atoms with Crippen molar-refractivity contribution in [3.05, 3.63) is 35.6 Å². The van der Waals surface area contributed by atoms with Gasteiger partial charge in [-0.2, -0.15) is 0 Å². The highest BCUT2D eigenvalue weighted by Gasteiger charge is 2.65. The molecule has 0 amide bonds. The summed E-state index contributed by atoms with van der Waals surface area (Å²) in [6.45, 7) is 4.27. The van der Waals surface area contributed by atoms with Crippen molar-refractivity contribution in [2.75, 3.05) is 13.2 Å². The minimum absolute atomic E-state index is 0. The van der Waals surface area contributed by atoms with Gasteiger partial charge >= 0.3 is 0 Å². The number of benzene rings is 1. The summed E-state index contributed by atoms with van der Waals surface area (Å²) in [4.78, 5) is 4.70. The minimum Gasteiger partial charge on any atom is -0.377 e. The van der Waals surface area contributed by atoms with Crippen molar-refractivity contribution in [1.82, 2.24) is 10.6 Å². The van der Waals surface area contributed by atoms with Gasteiger partial charge in [-0.3, -0.25) is 0 Å². The van der Waals surface area contributed by atoms with Gasteiger partial charge in [0.05, 0.1) is 12.6 Å². The lowest BCUT2D eigenvalue weighted by Gasteiger charge is -2.57. The molecule has 1 aliphatic heterocycles. The fraction of sp³-hybridized carbons (Fsp3) is 0.650. The average molecular weight is 473 g/mol. The quantitative estimate of drug-likeness (QED) is 0.397. The fourth-order valence-electron chi connectivity index (χ4n) is 5.18. The van der Waals surface area contributed by atoms with Crippen LogP contribution in [0.1, 0.15) is 44.6 Å². The first-order valence-electron chi connectivity index (χ1n) is 9.64. The number of nitrogens with one attached hydrogen (secondary N) is 2. The lowest BCUT2D eigenvalue weighted by atomic mass is 9.54. The maximum absolute atomic E-state index is 13.4. The Bertz CT molecular complexity index is 648. The molecule has 26 heavy (non-hydrogen) atoms. The van der Waals surface area contributed by atoms with E-state index in [2.05, 4.69) is 17.6 Å². The third-order valence-corrected chi connectivity index (χ3v) is 6.23. The lowest BCUT2D eigenvalue weighted by Crippen LogP contribution is -2.69. The van der Waals surface area contributed by atoms with Crippen LogP contribution in [0.2, 0.25) is 0 Å². The number of aliphatic imine (C=N–C) groups is 1. The van der Waals surface area contributed by atoms with Gasteiger partial charge in [0.15, 0.2) is 5.96 Å². The molecule has 3 atom stereocenters. The molecule has 2 saturated carbocycles. The van der Waals surface area contributed by atoms with E-state index in [9.17, 15) is 4.39 Å². The van der Waals surface area contributed by atoms with E-state index in [1.54, 1.807) is 12.1 Å². The molecule has 1 spiro atoms. The van der Waals surface area contributed by atoms with Crippen LogP contribution in [0.4, 0.5) is 4.39 Å². The summed E-state index contributed by atoms with van der Waals surface area (Å²) in [6, 6.07) is 7.12. The SMILES string of the molecule is CCNC(=NCc1cccc(F)c1)NC1C2CCOC2C12CCCC2.I. The molecule has 3 aliphatic rings. The van der Waals surface area contributed by atoms with Gasteiger partial charge in [-0.1, -0.05) is 25.0 Å². The molecule has 3 unspecified atom stereocenters. The van der Waals surface area contributed by atoms with Crippen molar-refractivity contribution in [1.29, 1.82) is 0 Å². The monoisotopic (exact) mass is 473 g/mol. The molecule has 1 aromatic rings. The van der Waals surface area contributed by atoms with E-state index >= 15 is 0 Å². The van der Waals surface area contributed by atoms with Crippen LogP contribution in [-0.4, -0.2) is 31.3 Å². The zero-order chi connectivity index (χ0) is 17.3. The molecular formula is C20H29FIN3O. The molecule has 1 aromatic carbocycles. The molecule has 4 nitrogen and oxygen atoms in total. The third-order valence-electron chi connectivity index (χ3n) is 6.23. The molecule has 0 radical (unpaired) electrons. The van der Waals surface area contributed by atoms with Gasteiger partial charge in [-0.15, -0.1) is 24.0 Å². The summed E-state index contributed by atoms with van der Waals surface area (Å²) in [5.74, 6) is 1.24. The van der Waals surface area contributed by atoms with Crippen LogP contribution >= 0.6 is 24.0 Å². The zero-order valence-corrected chi connectivity index (χ0v) is 17.7. The zero-order valence-electron chi connectivity index (χ0n) is 15.3. The largest absolute Gasteiger partial charge is 0.377 e. The van der Waals surface area contributed by atoms with Gasteiger partial charge in [-0.05, 0) is 43.9 Å². The summed E-state index contributed by atoms with van der Waals surface area (Å²) >= 11 is 0. The van der Waals surface area contributed by atoms with Gasteiger partial charge in [0.2, 0.25) is 0 Å². The molecular weight excluding hydrogens is 444 g/mol. The van der Waals surface area contributed by atoms with Gasteiger partial charge in [0, 0.05) is 30.5 Å². The summed E-state index contributed by atoms with van der Waals surface area (Å²) in [7, 11) is 0. The molecule has 4 rings (SSSR count). The molecule has 1 heterocycles. The number of nitrogens with zero attached hydrogens (tertiary/aromatic N) is 1. The molecule has 6 heteroatoms. The maximum Gasteiger partial charge on any atom is 0.191 e. The molecule has 0 aromatic heterocycles. The second kappa shape index (κ2) is 8.42. The van der Waals surface area contributed by atoms with Crippen molar-refractivity contribution < 1.29 is 9.13 Å². The number of ether oxygens (including phenoxy) is 1. The summed E-state index contributed by atoms with van der Waals surface area (Å²) < 4.78 is 19.4. The summed E-state index contributed by atoms with van der Waals surface area (Å²) in [5, 5.41) is 7.07. The Labute approximate surface area is 172 Å². The van der Waals surface area contributed by atoms with Crippen LogP contribution in [-0.2, 0) is 11.3 Å². The van der Waals surface area contributed by atoms with Crippen molar-refractivity contribution in [3.8, 4) is 0 Å². The van der Waals surface area contributed by atoms with E-state index in [0.29, 0.717) is 30.0 Å². The highest BCUT2D eigenvalue weighted by molar-refractivity contribution is 14.0. The first kappa shape index (κ1) is 19.9. The van der Waals surface area contributed by atoms with E-state index < -0.39 is 0 Å². The lowest BCUT2D eigenvalue weighted by molar-refractivity contribution is -0.125. The molecule has 2 N–H and O–H groups in total. The normalized spacial score (nSPS) is 29.0.